The Morgan fingerprint density at radius 3 is 2.76 bits per heavy atom. The Balaban J connectivity index is 2.30. The van der Waals surface area contributed by atoms with Gasteiger partial charge in [0.15, 0.2) is 5.65 Å². The lowest BCUT2D eigenvalue weighted by atomic mass is 10.2. The molecule has 0 aliphatic rings. The van der Waals surface area contributed by atoms with Crippen molar-refractivity contribution in [2.24, 2.45) is 0 Å². The molecule has 0 bridgehead atoms. The number of fused-ring (bicyclic) bond motifs is 1. The van der Waals surface area contributed by atoms with E-state index in [0.29, 0.717) is 5.75 Å². The smallest absolute Gasteiger partial charge is 0.159 e. The molecule has 0 amide bonds. The number of rotatable bonds is 2. The fourth-order valence-corrected chi connectivity index (χ4v) is 2.08. The molecule has 3 aromatic heterocycles. The first-order chi connectivity index (χ1) is 8.40. The lowest BCUT2D eigenvalue weighted by molar-refractivity contribution is 0.940. The van der Waals surface area contributed by atoms with Gasteiger partial charge in [-0.1, -0.05) is 6.07 Å². The molecule has 0 atom stereocenters. The van der Waals surface area contributed by atoms with Crippen LogP contribution in [-0.4, -0.2) is 19.6 Å². The van der Waals surface area contributed by atoms with Crippen molar-refractivity contribution in [2.75, 3.05) is 0 Å². The van der Waals surface area contributed by atoms with Crippen LogP contribution in [0.5, 0.6) is 0 Å². The van der Waals surface area contributed by atoms with Gasteiger partial charge in [0.2, 0.25) is 0 Å². The maximum Gasteiger partial charge on any atom is 0.159 e. The molecule has 0 aliphatic heterocycles. The summed E-state index contributed by atoms with van der Waals surface area (Å²) < 4.78 is 1.76. The van der Waals surface area contributed by atoms with E-state index in [1.165, 1.54) is 0 Å². The summed E-state index contributed by atoms with van der Waals surface area (Å²) in [5.74, 6) is 0.590. The number of pyridine rings is 1. The summed E-state index contributed by atoms with van der Waals surface area (Å²) in [4.78, 5) is 8.64. The van der Waals surface area contributed by atoms with E-state index >= 15 is 0 Å². The average Bonchev–Trinajstić information content (AvgIpc) is 2.78. The van der Waals surface area contributed by atoms with Gasteiger partial charge in [0.25, 0.3) is 0 Å². The van der Waals surface area contributed by atoms with Crippen molar-refractivity contribution in [3.05, 3.63) is 48.4 Å². The molecule has 0 aliphatic carbocycles. The Morgan fingerprint density at radius 1 is 1.12 bits per heavy atom. The van der Waals surface area contributed by atoms with Crippen molar-refractivity contribution < 1.29 is 0 Å². The molecule has 0 N–H and O–H groups in total. The van der Waals surface area contributed by atoms with Crippen LogP contribution in [0.4, 0.5) is 0 Å². The third kappa shape index (κ3) is 1.68. The standard InChI is InChI=1S/C12H10N4S/c17-8-9-11(10-4-1-2-5-13-10)15-16-7-3-6-14-12(9)16/h1-7,17H,8H2. The Hall–Kier alpha value is -1.88. The fraction of sp³-hybridized carbons (Fsp3) is 0.0833. The van der Waals surface area contributed by atoms with Crippen molar-refractivity contribution in [2.45, 2.75) is 5.75 Å². The SMILES string of the molecule is SCc1c(-c2ccccn2)nn2cccnc12. The third-order valence-corrected chi connectivity index (χ3v) is 2.87. The number of nitrogens with zero attached hydrogens (tertiary/aromatic N) is 4. The van der Waals surface area contributed by atoms with Gasteiger partial charge in [0.05, 0.1) is 5.69 Å². The van der Waals surface area contributed by atoms with Gasteiger partial charge in [-0.3, -0.25) is 4.98 Å². The molecule has 0 fully saturated rings. The van der Waals surface area contributed by atoms with Gasteiger partial charge in [-0.05, 0) is 18.2 Å². The van der Waals surface area contributed by atoms with Crippen molar-refractivity contribution in [1.29, 1.82) is 0 Å². The third-order valence-electron chi connectivity index (χ3n) is 2.56. The summed E-state index contributed by atoms with van der Waals surface area (Å²) >= 11 is 4.35. The van der Waals surface area contributed by atoms with Gasteiger partial charge >= 0.3 is 0 Å². The van der Waals surface area contributed by atoms with E-state index in [1.807, 2.05) is 30.5 Å². The van der Waals surface area contributed by atoms with Crippen LogP contribution in [0.25, 0.3) is 17.0 Å². The molecule has 0 aromatic carbocycles. The minimum Gasteiger partial charge on any atom is -0.255 e. The molecule has 3 heterocycles. The van der Waals surface area contributed by atoms with E-state index in [2.05, 4.69) is 27.7 Å². The maximum atomic E-state index is 4.50. The zero-order valence-electron chi connectivity index (χ0n) is 8.98. The highest BCUT2D eigenvalue weighted by atomic mass is 32.1. The molecule has 17 heavy (non-hydrogen) atoms. The predicted molar refractivity (Wildman–Crippen MR) is 68.9 cm³/mol. The highest BCUT2D eigenvalue weighted by Gasteiger charge is 2.14. The summed E-state index contributed by atoms with van der Waals surface area (Å²) in [7, 11) is 0. The van der Waals surface area contributed by atoms with Crippen LogP contribution in [0.15, 0.2) is 42.9 Å². The van der Waals surface area contributed by atoms with Crippen LogP contribution >= 0.6 is 12.6 Å². The summed E-state index contributed by atoms with van der Waals surface area (Å²) in [6, 6.07) is 7.62. The van der Waals surface area contributed by atoms with E-state index in [1.54, 1.807) is 16.9 Å². The van der Waals surface area contributed by atoms with Crippen LogP contribution < -0.4 is 0 Å². The fourth-order valence-electron chi connectivity index (χ4n) is 1.79. The van der Waals surface area contributed by atoms with Crippen molar-refractivity contribution >= 4 is 18.3 Å². The molecule has 0 radical (unpaired) electrons. The van der Waals surface area contributed by atoms with Crippen LogP contribution in [0.2, 0.25) is 0 Å². The van der Waals surface area contributed by atoms with Gasteiger partial charge < -0.3 is 0 Å². The second-order valence-corrected chi connectivity index (χ2v) is 3.90. The monoisotopic (exact) mass is 242 g/mol. The molecule has 84 valence electrons. The minimum absolute atomic E-state index is 0.590. The molecular formula is C12H10N4S. The minimum atomic E-state index is 0.590. The quantitative estimate of drug-likeness (QED) is 0.701. The van der Waals surface area contributed by atoms with Gasteiger partial charge in [-0.2, -0.15) is 17.7 Å². The van der Waals surface area contributed by atoms with Crippen LogP contribution in [0.1, 0.15) is 5.56 Å². The molecule has 3 aromatic rings. The molecule has 0 unspecified atom stereocenters. The highest BCUT2D eigenvalue weighted by molar-refractivity contribution is 7.79. The summed E-state index contributed by atoms with van der Waals surface area (Å²) in [6.45, 7) is 0. The molecular weight excluding hydrogens is 232 g/mol. The number of hydrogen-bond acceptors (Lipinski definition) is 4. The van der Waals surface area contributed by atoms with Crippen molar-refractivity contribution in [3.63, 3.8) is 0 Å². The molecule has 4 nitrogen and oxygen atoms in total. The Morgan fingerprint density at radius 2 is 2.00 bits per heavy atom. The van der Waals surface area contributed by atoms with Gasteiger partial charge in [-0.15, -0.1) is 0 Å². The molecule has 0 saturated carbocycles. The first-order valence-electron chi connectivity index (χ1n) is 5.24. The van der Waals surface area contributed by atoms with Crippen molar-refractivity contribution in [3.8, 4) is 11.4 Å². The first-order valence-corrected chi connectivity index (χ1v) is 5.88. The normalized spacial score (nSPS) is 10.9. The van der Waals surface area contributed by atoms with E-state index < -0.39 is 0 Å². The zero-order valence-corrected chi connectivity index (χ0v) is 9.88. The zero-order chi connectivity index (χ0) is 11.7. The second-order valence-electron chi connectivity index (χ2n) is 3.59. The molecule has 5 heteroatoms. The van der Waals surface area contributed by atoms with E-state index in [-0.39, 0.29) is 0 Å². The lowest BCUT2D eigenvalue weighted by Gasteiger charge is -1.97. The largest absolute Gasteiger partial charge is 0.255 e. The van der Waals surface area contributed by atoms with Gasteiger partial charge in [-0.25, -0.2) is 9.50 Å². The lowest BCUT2D eigenvalue weighted by Crippen LogP contribution is -1.87. The predicted octanol–water partition coefficient (Wildman–Crippen LogP) is 2.22. The molecule has 0 spiro atoms. The van der Waals surface area contributed by atoms with Crippen LogP contribution in [-0.2, 0) is 5.75 Å². The number of thiol groups is 1. The average molecular weight is 242 g/mol. The van der Waals surface area contributed by atoms with Crippen LogP contribution in [0.3, 0.4) is 0 Å². The maximum absolute atomic E-state index is 4.50. The summed E-state index contributed by atoms with van der Waals surface area (Å²) in [6.07, 6.45) is 5.39. The Bertz CT molecular complexity index is 648. The first kappa shape index (κ1) is 10.3. The molecule has 3 rings (SSSR count). The summed E-state index contributed by atoms with van der Waals surface area (Å²) in [5.41, 5.74) is 3.54. The van der Waals surface area contributed by atoms with E-state index in [9.17, 15) is 0 Å². The van der Waals surface area contributed by atoms with Gasteiger partial charge in [0, 0.05) is 29.9 Å². The van der Waals surface area contributed by atoms with E-state index in [0.717, 1.165) is 22.6 Å². The van der Waals surface area contributed by atoms with E-state index in [4.69, 9.17) is 0 Å². The topological polar surface area (TPSA) is 43.1 Å². The Kier molecular flexibility index (Phi) is 2.53. The molecule has 0 saturated heterocycles. The highest BCUT2D eigenvalue weighted by Crippen LogP contribution is 2.24. The van der Waals surface area contributed by atoms with Crippen LogP contribution in [0, 0.1) is 0 Å². The van der Waals surface area contributed by atoms with Gasteiger partial charge in [0.1, 0.15) is 5.69 Å². The number of aromatic nitrogens is 4. The second kappa shape index (κ2) is 4.18. The number of hydrogen-bond donors (Lipinski definition) is 1. The Labute approximate surface area is 104 Å². The summed E-state index contributed by atoms with van der Waals surface area (Å²) in [5, 5.41) is 4.50. The van der Waals surface area contributed by atoms with Crippen molar-refractivity contribution in [1.82, 2.24) is 19.6 Å².